The fourth-order valence-corrected chi connectivity index (χ4v) is 3.08. The largest absolute Gasteiger partial charge is 0.508 e. The van der Waals surface area contributed by atoms with Crippen molar-refractivity contribution in [3.8, 4) is 5.75 Å². The lowest BCUT2D eigenvalue weighted by molar-refractivity contribution is -0.143. The van der Waals surface area contributed by atoms with Gasteiger partial charge in [-0.3, -0.25) is 19.2 Å². The quantitative estimate of drug-likeness (QED) is 0.123. The number of carboxylic acid groups (broad SMARTS) is 2. The third-order valence-corrected chi connectivity index (χ3v) is 5.01. The van der Waals surface area contributed by atoms with E-state index in [-0.39, 0.29) is 25.0 Å². The highest BCUT2D eigenvalue weighted by atomic mass is 16.4. The Labute approximate surface area is 202 Å². The highest BCUT2D eigenvalue weighted by Gasteiger charge is 2.25. The number of carboxylic acids is 2. The van der Waals surface area contributed by atoms with E-state index in [1.54, 1.807) is 12.1 Å². The first-order valence-electron chi connectivity index (χ1n) is 11.1. The number of aliphatic carboxylic acids is 2. The van der Waals surface area contributed by atoms with Crippen molar-refractivity contribution < 1.29 is 39.3 Å². The Morgan fingerprint density at radius 2 is 1.54 bits per heavy atom. The van der Waals surface area contributed by atoms with Gasteiger partial charge in [-0.05, 0) is 56.3 Å². The second kappa shape index (κ2) is 15.2. The number of nitrogens with one attached hydrogen (secondary N) is 3. The van der Waals surface area contributed by atoms with Crippen LogP contribution in [-0.2, 0) is 30.4 Å². The standard InChI is InChI=1S/C22H33N5O8/c23-10-2-1-3-16(27-20(32)15(24)11-13-4-6-14(28)7-5-13)21(33)25-12-18(29)26-17(22(34)35)8-9-19(30)31/h4-7,15-17,28H,1-3,8-12,23-24H2,(H,25,33)(H,26,29)(H,27,32)(H,30,31)(H,34,35). The van der Waals surface area contributed by atoms with Crippen LogP contribution in [0.15, 0.2) is 24.3 Å². The van der Waals surface area contributed by atoms with Gasteiger partial charge in [-0.1, -0.05) is 12.1 Å². The molecule has 1 aromatic carbocycles. The first-order valence-corrected chi connectivity index (χ1v) is 11.1. The van der Waals surface area contributed by atoms with Gasteiger partial charge in [0.15, 0.2) is 0 Å². The summed E-state index contributed by atoms with van der Waals surface area (Å²) in [5.41, 5.74) is 12.2. The molecule has 3 atom stereocenters. The number of amides is 3. The molecule has 0 heterocycles. The zero-order chi connectivity index (χ0) is 26.4. The summed E-state index contributed by atoms with van der Waals surface area (Å²) in [5, 5.41) is 34.2. The molecule has 13 nitrogen and oxygen atoms in total. The Hall–Kier alpha value is -3.71. The molecule has 0 aliphatic carbocycles. The Bertz CT molecular complexity index is 877. The second-order valence-corrected chi connectivity index (χ2v) is 7.93. The number of aromatic hydroxyl groups is 1. The van der Waals surface area contributed by atoms with Crippen LogP contribution in [0, 0.1) is 0 Å². The highest BCUT2D eigenvalue weighted by molar-refractivity contribution is 5.92. The van der Waals surface area contributed by atoms with Gasteiger partial charge in [0, 0.05) is 6.42 Å². The summed E-state index contributed by atoms with van der Waals surface area (Å²) >= 11 is 0. The SMILES string of the molecule is NCCCCC(NC(=O)C(N)Cc1ccc(O)cc1)C(=O)NCC(=O)NC(CCC(=O)O)C(=O)O. The third kappa shape index (κ3) is 11.8. The number of hydrogen-bond donors (Lipinski definition) is 8. The Morgan fingerprint density at radius 3 is 2.11 bits per heavy atom. The van der Waals surface area contributed by atoms with Crippen LogP contribution in [0.4, 0.5) is 0 Å². The van der Waals surface area contributed by atoms with Gasteiger partial charge in [0.1, 0.15) is 17.8 Å². The average Bonchev–Trinajstić information content (AvgIpc) is 2.80. The van der Waals surface area contributed by atoms with Gasteiger partial charge in [-0.15, -0.1) is 0 Å². The van der Waals surface area contributed by atoms with Crippen LogP contribution in [0.5, 0.6) is 5.75 Å². The van der Waals surface area contributed by atoms with Crippen molar-refractivity contribution >= 4 is 29.7 Å². The number of unbranched alkanes of at least 4 members (excludes halogenated alkanes) is 1. The van der Waals surface area contributed by atoms with Gasteiger partial charge in [0.05, 0.1) is 12.6 Å². The van der Waals surface area contributed by atoms with Crippen molar-refractivity contribution in [3.63, 3.8) is 0 Å². The van der Waals surface area contributed by atoms with Gasteiger partial charge in [0.2, 0.25) is 17.7 Å². The zero-order valence-electron chi connectivity index (χ0n) is 19.2. The van der Waals surface area contributed by atoms with Gasteiger partial charge in [0.25, 0.3) is 0 Å². The molecule has 0 aliphatic rings. The summed E-state index contributed by atoms with van der Waals surface area (Å²) in [7, 11) is 0. The van der Waals surface area contributed by atoms with Crippen molar-refractivity contribution in [3.05, 3.63) is 29.8 Å². The van der Waals surface area contributed by atoms with Crippen molar-refractivity contribution in [2.75, 3.05) is 13.1 Å². The van der Waals surface area contributed by atoms with Crippen LogP contribution in [0.3, 0.4) is 0 Å². The summed E-state index contributed by atoms with van der Waals surface area (Å²) in [4.78, 5) is 59.1. The van der Waals surface area contributed by atoms with Crippen molar-refractivity contribution in [1.29, 1.82) is 0 Å². The summed E-state index contributed by atoms with van der Waals surface area (Å²) in [6.45, 7) is -0.184. The second-order valence-electron chi connectivity index (χ2n) is 7.93. The number of phenolic OH excluding ortho intramolecular Hbond substituents is 1. The number of phenols is 1. The van der Waals surface area contributed by atoms with E-state index in [0.717, 1.165) is 0 Å². The molecule has 0 radical (unpaired) electrons. The molecule has 3 unspecified atom stereocenters. The molecule has 1 rings (SSSR count). The molecule has 35 heavy (non-hydrogen) atoms. The van der Waals surface area contributed by atoms with E-state index in [9.17, 15) is 29.1 Å². The molecule has 0 saturated carbocycles. The van der Waals surface area contributed by atoms with Crippen molar-refractivity contribution in [2.24, 2.45) is 11.5 Å². The lowest BCUT2D eigenvalue weighted by Gasteiger charge is -2.21. The predicted molar refractivity (Wildman–Crippen MR) is 124 cm³/mol. The summed E-state index contributed by atoms with van der Waals surface area (Å²) in [6, 6.07) is 2.76. The highest BCUT2D eigenvalue weighted by Crippen LogP contribution is 2.11. The molecular formula is C22H33N5O8. The van der Waals surface area contributed by atoms with Gasteiger partial charge in [-0.2, -0.15) is 0 Å². The van der Waals surface area contributed by atoms with E-state index in [1.165, 1.54) is 12.1 Å². The molecule has 10 N–H and O–H groups in total. The lowest BCUT2D eigenvalue weighted by atomic mass is 10.0. The summed E-state index contributed by atoms with van der Waals surface area (Å²) in [5.74, 6) is -4.62. The van der Waals surface area contributed by atoms with E-state index >= 15 is 0 Å². The molecule has 0 fully saturated rings. The zero-order valence-corrected chi connectivity index (χ0v) is 19.2. The number of hydrogen-bond acceptors (Lipinski definition) is 8. The summed E-state index contributed by atoms with van der Waals surface area (Å²) in [6.07, 6.45) is 0.746. The third-order valence-electron chi connectivity index (χ3n) is 5.01. The van der Waals surface area contributed by atoms with Gasteiger partial charge < -0.3 is 42.7 Å². The smallest absolute Gasteiger partial charge is 0.326 e. The van der Waals surface area contributed by atoms with E-state index in [1.807, 2.05) is 0 Å². The maximum Gasteiger partial charge on any atom is 0.326 e. The summed E-state index contributed by atoms with van der Waals surface area (Å²) < 4.78 is 0. The monoisotopic (exact) mass is 495 g/mol. The minimum Gasteiger partial charge on any atom is -0.508 e. The number of benzene rings is 1. The minimum absolute atomic E-state index is 0.0732. The predicted octanol–water partition coefficient (Wildman–Crippen LogP) is -1.57. The van der Waals surface area contributed by atoms with Gasteiger partial charge in [-0.25, -0.2) is 4.79 Å². The molecule has 0 aliphatic heterocycles. The Balaban J connectivity index is 2.68. The van der Waals surface area contributed by atoms with Crippen LogP contribution >= 0.6 is 0 Å². The molecular weight excluding hydrogens is 462 g/mol. The molecule has 0 saturated heterocycles. The van der Waals surface area contributed by atoms with Crippen LogP contribution in [0.25, 0.3) is 0 Å². The molecule has 0 bridgehead atoms. The molecule has 13 heteroatoms. The van der Waals surface area contributed by atoms with E-state index in [0.29, 0.717) is 24.9 Å². The van der Waals surface area contributed by atoms with E-state index in [4.69, 9.17) is 21.7 Å². The molecule has 0 aromatic heterocycles. The first-order chi connectivity index (χ1) is 16.5. The van der Waals surface area contributed by atoms with Gasteiger partial charge >= 0.3 is 11.9 Å². The topological polar surface area (TPSA) is 234 Å². The van der Waals surface area contributed by atoms with Crippen LogP contribution in [0.2, 0.25) is 0 Å². The van der Waals surface area contributed by atoms with E-state index < -0.39 is 60.8 Å². The first kappa shape index (κ1) is 29.3. The van der Waals surface area contributed by atoms with Crippen LogP contribution < -0.4 is 27.4 Å². The fourth-order valence-electron chi connectivity index (χ4n) is 3.08. The Morgan fingerprint density at radius 1 is 0.886 bits per heavy atom. The number of nitrogens with two attached hydrogens (primary N) is 2. The van der Waals surface area contributed by atoms with Crippen LogP contribution in [0.1, 0.15) is 37.7 Å². The molecule has 3 amide bonds. The molecule has 1 aromatic rings. The van der Waals surface area contributed by atoms with Crippen molar-refractivity contribution in [2.45, 2.75) is 56.7 Å². The number of rotatable bonds is 16. The lowest BCUT2D eigenvalue weighted by Crippen LogP contribution is -2.53. The van der Waals surface area contributed by atoms with Crippen molar-refractivity contribution in [1.82, 2.24) is 16.0 Å². The Kier molecular flexibility index (Phi) is 12.8. The fraction of sp³-hybridized carbons (Fsp3) is 0.500. The number of carbonyl (C=O) groups excluding carboxylic acids is 3. The van der Waals surface area contributed by atoms with E-state index in [2.05, 4.69) is 16.0 Å². The minimum atomic E-state index is -1.42. The normalized spacial score (nSPS) is 13.2. The molecule has 194 valence electrons. The molecule has 0 spiro atoms. The maximum absolute atomic E-state index is 12.6. The van der Waals surface area contributed by atoms with Crippen LogP contribution in [-0.4, -0.2) is 76.2 Å². The number of carbonyl (C=O) groups is 5. The average molecular weight is 496 g/mol. The maximum atomic E-state index is 12.6.